The SMILES string of the molecule is OC(CCc1ccccc1)C1CCCOC1. The van der Waals surface area contributed by atoms with Crippen LogP contribution in [0.4, 0.5) is 0 Å². The molecule has 0 aliphatic carbocycles. The molecule has 1 aromatic rings. The maximum Gasteiger partial charge on any atom is 0.0593 e. The quantitative estimate of drug-likeness (QED) is 0.844. The number of hydrogen-bond donors (Lipinski definition) is 1. The van der Waals surface area contributed by atoms with E-state index in [0.29, 0.717) is 5.92 Å². The van der Waals surface area contributed by atoms with Crippen molar-refractivity contribution in [2.45, 2.75) is 31.8 Å². The van der Waals surface area contributed by atoms with Crippen LogP contribution < -0.4 is 0 Å². The third kappa shape index (κ3) is 3.32. The standard InChI is InChI=1S/C14H20O2/c15-14(13-7-4-10-16-11-13)9-8-12-5-2-1-3-6-12/h1-3,5-6,13-15H,4,7-11H2. The molecule has 2 rings (SSSR count). The lowest BCUT2D eigenvalue weighted by Crippen LogP contribution is -2.29. The van der Waals surface area contributed by atoms with Crippen molar-refractivity contribution >= 4 is 0 Å². The number of benzene rings is 1. The zero-order valence-corrected chi connectivity index (χ0v) is 9.64. The Morgan fingerprint density at radius 1 is 1.31 bits per heavy atom. The van der Waals surface area contributed by atoms with Crippen molar-refractivity contribution in [3.63, 3.8) is 0 Å². The van der Waals surface area contributed by atoms with Gasteiger partial charge in [-0.05, 0) is 31.2 Å². The topological polar surface area (TPSA) is 29.5 Å². The van der Waals surface area contributed by atoms with Crippen LogP contribution in [0.15, 0.2) is 30.3 Å². The molecule has 1 fully saturated rings. The highest BCUT2D eigenvalue weighted by Crippen LogP contribution is 2.20. The molecule has 0 aromatic heterocycles. The van der Waals surface area contributed by atoms with Crippen LogP contribution in [0.2, 0.25) is 0 Å². The Kier molecular flexibility index (Phi) is 4.37. The van der Waals surface area contributed by atoms with Gasteiger partial charge >= 0.3 is 0 Å². The Labute approximate surface area is 97.3 Å². The van der Waals surface area contributed by atoms with Crippen molar-refractivity contribution in [3.05, 3.63) is 35.9 Å². The molecule has 1 aliphatic heterocycles. The molecule has 0 radical (unpaired) electrons. The molecular weight excluding hydrogens is 200 g/mol. The first-order valence-corrected chi connectivity index (χ1v) is 6.16. The van der Waals surface area contributed by atoms with E-state index in [2.05, 4.69) is 12.1 Å². The summed E-state index contributed by atoms with van der Waals surface area (Å²) >= 11 is 0. The van der Waals surface area contributed by atoms with Gasteiger partial charge in [-0.25, -0.2) is 0 Å². The van der Waals surface area contributed by atoms with Gasteiger partial charge in [0.1, 0.15) is 0 Å². The van der Waals surface area contributed by atoms with Gasteiger partial charge in [-0.1, -0.05) is 30.3 Å². The number of rotatable bonds is 4. The number of aryl methyl sites for hydroxylation is 1. The molecule has 1 N–H and O–H groups in total. The molecule has 16 heavy (non-hydrogen) atoms. The van der Waals surface area contributed by atoms with Crippen molar-refractivity contribution in [1.82, 2.24) is 0 Å². The minimum Gasteiger partial charge on any atom is -0.393 e. The first-order chi connectivity index (χ1) is 7.86. The Balaban J connectivity index is 1.76. The average Bonchev–Trinajstić information content (AvgIpc) is 2.38. The molecule has 2 atom stereocenters. The maximum atomic E-state index is 10.1. The van der Waals surface area contributed by atoms with Gasteiger partial charge in [0.25, 0.3) is 0 Å². The normalized spacial score (nSPS) is 22.9. The summed E-state index contributed by atoms with van der Waals surface area (Å²) in [7, 11) is 0. The van der Waals surface area contributed by atoms with Gasteiger partial charge in [0, 0.05) is 12.5 Å². The van der Waals surface area contributed by atoms with E-state index >= 15 is 0 Å². The van der Waals surface area contributed by atoms with Crippen LogP contribution in [0, 0.1) is 5.92 Å². The van der Waals surface area contributed by atoms with Crippen LogP contribution in [-0.2, 0) is 11.2 Å². The van der Waals surface area contributed by atoms with Crippen molar-refractivity contribution in [1.29, 1.82) is 0 Å². The van der Waals surface area contributed by atoms with Gasteiger partial charge < -0.3 is 9.84 Å². The molecule has 2 unspecified atom stereocenters. The largest absolute Gasteiger partial charge is 0.393 e. The van der Waals surface area contributed by atoms with Gasteiger partial charge in [0.05, 0.1) is 12.7 Å². The summed E-state index contributed by atoms with van der Waals surface area (Å²) < 4.78 is 5.40. The highest BCUT2D eigenvalue weighted by atomic mass is 16.5. The smallest absolute Gasteiger partial charge is 0.0593 e. The van der Waals surface area contributed by atoms with Crippen molar-refractivity contribution in [2.75, 3.05) is 13.2 Å². The number of aliphatic hydroxyl groups excluding tert-OH is 1. The molecule has 2 heteroatoms. The predicted octanol–water partition coefficient (Wildman–Crippen LogP) is 2.41. The minimum absolute atomic E-state index is 0.208. The van der Waals surface area contributed by atoms with Gasteiger partial charge in [0.2, 0.25) is 0 Å². The lowest BCUT2D eigenvalue weighted by molar-refractivity contribution is -0.0116. The molecule has 2 nitrogen and oxygen atoms in total. The summed E-state index contributed by atoms with van der Waals surface area (Å²) in [5.74, 6) is 0.345. The zero-order valence-electron chi connectivity index (χ0n) is 9.64. The monoisotopic (exact) mass is 220 g/mol. The van der Waals surface area contributed by atoms with Gasteiger partial charge in [-0.3, -0.25) is 0 Å². The van der Waals surface area contributed by atoms with E-state index in [0.717, 1.165) is 38.9 Å². The van der Waals surface area contributed by atoms with E-state index in [1.165, 1.54) is 5.56 Å². The summed E-state index contributed by atoms with van der Waals surface area (Å²) in [6.07, 6.45) is 3.79. The van der Waals surface area contributed by atoms with E-state index in [4.69, 9.17) is 4.74 Å². The first kappa shape index (κ1) is 11.6. The molecule has 0 amide bonds. The maximum absolute atomic E-state index is 10.1. The highest BCUT2D eigenvalue weighted by molar-refractivity contribution is 5.14. The third-order valence-electron chi connectivity index (χ3n) is 3.31. The molecule has 88 valence electrons. The van der Waals surface area contributed by atoms with E-state index in [1.807, 2.05) is 18.2 Å². The molecule has 0 saturated carbocycles. The van der Waals surface area contributed by atoms with Gasteiger partial charge in [-0.2, -0.15) is 0 Å². The Morgan fingerprint density at radius 3 is 2.81 bits per heavy atom. The lowest BCUT2D eigenvalue weighted by atomic mass is 9.92. The van der Waals surface area contributed by atoms with Crippen molar-refractivity contribution in [3.8, 4) is 0 Å². The molecule has 1 aromatic carbocycles. The second-order valence-electron chi connectivity index (χ2n) is 4.57. The molecular formula is C14H20O2. The fraction of sp³-hybridized carbons (Fsp3) is 0.571. The van der Waals surface area contributed by atoms with Gasteiger partial charge in [0.15, 0.2) is 0 Å². The van der Waals surface area contributed by atoms with Crippen LogP contribution in [0.25, 0.3) is 0 Å². The average molecular weight is 220 g/mol. The fourth-order valence-corrected chi connectivity index (χ4v) is 2.26. The van der Waals surface area contributed by atoms with E-state index in [1.54, 1.807) is 0 Å². The molecule has 1 heterocycles. The van der Waals surface area contributed by atoms with Crippen LogP contribution in [0.5, 0.6) is 0 Å². The number of ether oxygens (including phenoxy) is 1. The second kappa shape index (κ2) is 6.02. The summed E-state index contributed by atoms with van der Waals surface area (Å²) in [5.41, 5.74) is 1.30. The second-order valence-corrected chi connectivity index (χ2v) is 4.57. The molecule has 0 bridgehead atoms. The fourth-order valence-electron chi connectivity index (χ4n) is 2.26. The Morgan fingerprint density at radius 2 is 2.12 bits per heavy atom. The van der Waals surface area contributed by atoms with Crippen LogP contribution >= 0.6 is 0 Å². The molecule has 1 aliphatic rings. The number of hydrogen-bond acceptors (Lipinski definition) is 2. The van der Waals surface area contributed by atoms with Crippen LogP contribution in [0.1, 0.15) is 24.8 Å². The van der Waals surface area contributed by atoms with Gasteiger partial charge in [-0.15, -0.1) is 0 Å². The summed E-state index contributed by atoms with van der Waals surface area (Å²) in [4.78, 5) is 0. The predicted molar refractivity (Wildman–Crippen MR) is 64.3 cm³/mol. The number of aliphatic hydroxyl groups is 1. The molecule has 1 saturated heterocycles. The Bertz CT molecular complexity index is 291. The highest BCUT2D eigenvalue weighted by Gasteiger charge is 2.21. The van der Waals surface area contributed by atoms with Crippen LogP contribution in [-0.4, -0.2) is 24.4 Å². The van der Waals surface area contributed by atoms with E-state index in [9.17, 15) is 5.11 Å². The van der Waals surface area contributed by atoms with Crippen LogP contribution in [0.3, 0.4) is 0 Å². The van der Waals surface area contributed by atoms with Crippen molar-refractivity contribution in [2.24, 2.45) is 5.92 Å². The lowest BCUT2D eigenvalue weighted by Gasteiger charge is -2.26. The van der Waals surface area contributed by atoms with Crippen molar-refractivity contribution < 1.29 is 9.84 Å². The third-order valence-corrected chi connectivity index (χ3v) is 3.31. The zero-order chi connectivity index (χ0) is 11.2. The van der Waals surface area contributed by atoms with E-state index < -0.39 is 0 Å². The summed E-state index contributed by atoms with van der Waals surface area (Å²) in [6, 6.07) is 10.3. The van der Waals surface area contributed by atoms with E-state index in [-0.39, 0.29) is 6.10 Å². The summed E-state index contributed by atoms with van der Waals surface area (Å²) in [5, 5.41) is 10.1. The summed E-state index contributed by atoms with van der Waals surface area (Å²) in [6.45, 7) is 1.60. The first-order valence-electron chi connectivity index (χ1n) is 6.16. The minimum atomic E-state index is -0.208. The Hall–Kier alpha value is -0.860. The molecule has 0 spiro atoms.